The largest absolute Gasteiger partial charge is 0.324 e. The van der Waals surface area contributed by atoms with E-state index in [1.54, 1.807) is 0 Å². The maximum atomic E-state index is 11.7. The van der Waals surface area contributed by atoms with Crippen LogP contribution in [0.4, 0.5) is 0 Å². The van der Waals surface area contributed by atoms with Gasteiger partial charge in [0, 0.05) is 12.1 Å². The monoisotopic (exact) mass is 246 g/mol. The third-order valence-corrected chi connectivity index (χ3v) is 5.37. The molecule has 2 aliphatic rings. The van der Waals surface area contributed by atoms with Crippen LogP contribution in [-0.2, 0) is 10.0 Å². The third kappa shape index (κ3) is 3.18. The summed E-state index contributed by atoms with van der Waals surface area (Å²) in [6.07, 6.45) is 7.50. The number of nitrogens with two attached hydrogens (primary N) is 1. The number of nitrogens with one attached hydrogen (secondary N) is 1. The molecule has 0 aromatic heterocycles. The van der Waals surface area contributed by atoms with Crippen molar-refractivity contribution in [2.45, 2.75) is 50.5 Å². The highest BCUT2D eigenvalue weighted by Gasteiger charge is 2.33. The van der Waals surface area contributed by atoms with Gasteiger partial charge in [0.2, 0.25) is 10.0 Å². The lowest BCUT2D eigenvalue weighted by Crippen LogP contribution is -2.55. The zero-order chi connectivity index (χ0) is 11.6. The van der Waals surface area contributed by atoms with Crippen molar-refractivity contribution in [2.75, 3.05) is 12.3 Å². The molecule has 2 aliphatic carbocycles. The number of sulfonamides is 1. The lowest BCUT2D eigenvalue weighted by Gasteiger charge is -2.38. The van der Waals surface area contributed by atoms with Gasteiger partial charge in [-0.15, -0.1) is 0 Å². The van der Waals surface area contributed by atoms with Crippen LogP contribution in [0.15, 0.2) is 0 Å². The first-order valence-corrected chi connectivity index (χ1v) is 7.91. The molecule has 0 saturated heterocycles. The second kappa shape index (κ2) is 4.63. The van der Waals surface area contributed by atoms with Gasteiger partial charge >= 0.3 is 0 Å². The zero-order valence-corrected chi connectivity index (χ0v) is 10.6. The highest BCUT2D eigenvalue weighted by Crippen LogP contribution is 2.30. The molecule has 0 aromatic rings. The summed E-state index contributed by atoms with van der Waals surface area (Å²) in [6.45, 7) is 0.417. The normalized spacial score (nSPS) is 24.8. The van der Waals surface area contributed by atoms with Crippen LogP contribution in [0, 0.1) is 5.92 Å². The molecule has 0 unspecified atom stereocenters. The van der Waals surface area contributed by atoms with E-state index in [1.807, 2.05) is 0 Å². The van der Waals surface area contributed by atoms with Crippen LogP contribution in [0.25, 0.3) is 0 Å². The Kier molecular flexibility index (Phi) is 3.56. The van der Waals surface area contributed by atoms with Gasteiger partial charge in [-0.3, -0.25) is 0 Å². The molecule has 0 spiro atoms. The van der Waals surface area contributed by atoms with Crippen LogP contribution in [-0.4, -0.2) is 26.3 Å². The Bertz CT molecular complexity index is 332. The molecule has 5 heteroatoms. The van der Waals surface area contributed by atoms with E-state index >= 15 is 0 Å². The molecule has 94 valence electrons. The molecule has 2 fully saturated rings. The van der Waals surface area contributed by atoms with E-state index in [1.165, 1.54) is 19.3 Å². The molecule has 3 N–H and O–H groups in total. The molecule has 0 aromatic carbocycles. The summed E-state index contributed by atoms with van der Waals surface area (Å²) in [5, 5.41) is 0. The molecule has 0 amide bonds. The van der Waals surface area contributed by atoms with Gasteiger partial charge in [-0.2, -0.15) is 0 Å². The van der Waals surface area contributed by atoms with Gasteiger partial charge in [-0.1, -0.05) is 19.3 Å². The molecule has 0 radical (unpaired) electrons. The minimum absolute atomic E-state index is 0.260. The van der Waals surface area contributed by atoms with E-state index in [0.29, 0.717) is 12.5 Å². The Morgan fingerprint density at radius 3 is 2.38 bits per heavy atom. The van der Waals surface area contributed by atoms with Crippen molar-refractivity contribution in [2.24, 2.45) is 11.7 Å². The predicted molar refractivity (Wildman–Crippen MR) is 64.5 cm³/mol. The van der Waals surface area contributed by atoms with Crippen molar-refractivity contribution in [1.29, 1.82) is 0 Å². The minimum Gasteiger partial charge on any atom is -0.324 e. The summed E-state index contributed by atoms with van der Waals surface area (Å²) in [7, 11) is -3.09. The van der Waals surface area contributed by atoms with E-state index in [2.05, 4.69) is 4.72 Å². The molecule has 2 rings (SSSR count). The average Bonchev–Trinajstić information content (AvgIpc) is 2.09. The molecule has 0 heterocycles. The van der Waals surface area contributed by atoms with Gasteiger partial charge in [0.1, 0.15) is 0 Å². The van der Waals surface area contributed by atoms with Gasteiger partial charge in [0.15, 0.2) is 0 Å². The molecule has 2 saturated carbocycles. The quantitative estimate of drug-likeness (QED) is 0.733. The van der Waals surface area contributed by atoms with Crippen molar-refractivity contribution >= 4 is 10.0 Å². The van der Waals surface area contributed by atoms with Crippen molar-refractivity contribution in [3.05, 3.63) is 0 Å². The first-order valence-electron chi connectivity index (χ1n) is 6.25. The molecule has 0 aliphatic heterocycles. The van der Waals surface area contributed by atoms with Gasteiger partial charge in [-0.05, 0) is 31.6 Å². The van der Waals surface area contributed by atoms with Crippen LogP contribution < -0.4 is 10.5 Å². The van der Waals surface area contributed by atoms with Crippen molar-refractivity contribution in [1.82, 2.24) is 4.72 Å². The first kappa shape index (κ1) is 12.3. The van der Waals surface area contributed by atoms with Crippen LogP contribution in [0.5, 0.6) is 0 Å². The topological polar surface area (TPSA) is 72.2 Å². The van der Waals surface area contributed by atoms with Crippen LogP contribution in [0.1, 0.15) is 44.9 Å². The maximum absolute atomic E-state index is 11.7. The van der Waals surface area contributed by atoms with E-state index < -0.39 is 10.0 Å². The molecule has 4 nitrogen and oxygen atoms in total. The van der Waals surface area contributed by atoms with Crippen molar-refractivity contribution in [3.63, 3.8) is 0 Å². The van der Waals surface area contributed by atoms with Crippen LogP contribution in [0.2, 0.25) is 0 Å². The minimum atomic E-state index is -3.09. The fourth-order valence-electron chi connectivity index (χ4n) is 2.24. The summed E-state index contributed by atoms with van der Waals surface area (Å²) in [5.41, 5.74) is 5.72. The Hall–Kier alpha value is -0.130. The molecule has 0 atom stereocenters. The SMILES string of the molecule is NC1(CNS(=O)(=O)CCC2CCC2)CCC1. The van der Waals surface area contributed by atoms with E-state index in [-0.39, 0.29) is 11.3 Å². The number of rotatable bonds is 6. The molecule has 16 heavy (non-hydrogen) atoms. The highest BCUT2D eigenvalue weighted by atomic mass is 32.2. The van der Waals surface area contributed by atoms with Crippen molar-refractivity contribution < 1.29 is 8.42 Å². The Morgan fingerprint density at radius 2 is 1.94 bits per heavy atom. The van der Waals surface area contributed by atoms with Gasteiger partial charge in [0.05, 0.1) is 5.75 Å². The summed E-state index contributed by atoms with van der Waals surface area (Å²) in [4.78, 5) is 0. The smallest absolute Gasteiger partial charge is 0.211 e. The highest BCUT2D eigenvalue weighted by molar-refractivity contribution is 7.89. The maximum Gasteiger partial charge on any atom is 0.211 e. The van der Waals surface area contributed by atoms with Gasteiger partial charge < -0.3 is 5.73 Å². The third-order valence-electron chi connectivity index (χ3n) is 4.01. The Labute approximate surface area is 98.0 Å². The van der Waals surface area contributed by atoms with E-state index in [4.69, 9.17) is 5.73 Å². The summed E-state index contributed by atoms with van der Waals surface area (Å²) in [5.74, 6) is 0.917. The van der Waals surface area contributed by atoms with E-state index in [9.17, 15) is 8.42 Å². The standard InChI is InChI=1S/C11H22N2O2S/c12-11(6-2-7-11)9-13-16(14,15)8-5-10-3-1-4-10/h10,13H,1-9,12H2. The van der Waals surface area contributed by atoms with Gasteiger partial charge in [0.25, 0.3) is 0 Å². The number of hydrogen-bond donors (Lipinski definition) is 2. The lowest BCUT2D eigenvalue weighted by molar-refractivity contribution is 0.250. The number of hydrogen-bond acceptors (Lipinski definition) is 3. The van der Waals surface area contributed by atoms with Crippen molar-refractivity contribution in [3.8, 4) is 0 Å². The molecular weight excluding hydrogens is 224 g/mol. The first-order chi connectivity index (χ1) is 7.49. The summed E-state index contributed by atoms with van der Waals surface area (Å²) < 4.78 is 26.0. The fourth-order valence-corrected chi connectivity index (χ4v) is 3.53. The zero-order valence-electron chi connectivity index (χ0n) is 9.74. The Balaban J connectivity index is 1.69. The summed E-state index contributed by atoms with van der Waals surface area (Å²) in [6, 6.07) is 0. The van der Waals surface area contributed by atoms with Gasteiger partial charge in [-0.25, -0.2) is 13.1 Å². The summed E-state index contributed by atoms with van der Waals surface area (Å²) >= 11 is 0. The molecular formula is C11H22N2O2S. The fraction of sp³-hybridized carbons (Fsp3) is 1.00. The van der Waals surface area contributed by atoms with E-state index in [0.717, 1.165) is 25.7 Å². The second-order valence-electron chi connectivity index (χ2n) is 5.44. The lowest BCUT2D eigenvalue weighted by atomic mass is 9.78. The van der Waals surface area contributed by atoms with Crippen LogP contribution in [0.3, 0.4) is 0 Å². The average molecular weight is 246 g/mol. The Morgan fingerprint density at radius 1 is 1.25 bits per heavy atom. The van der Waals surface area contributed by atoms with Crippen LogP contribution >= 0.6 is 0 Å². The second-order valence-corrected chi connectivity index (χ2v) is 7.37. The molecule has 0 bridgehead atoms. The predicted octanol–water partition coefficient (Wildman–Crippen LogP) is 0.977.